The minimum absolute atomic E-state index is 0.135. The van der Waals surface area contributed by atoms with E-state index in [9.17, 15) is 4.79 Å². The number of fused-ring (bicyclic) bond motifs is 1. The third kappa shape index (κ3) is 5.61. The Morgan fingerprint density at radius 1 is 1.16 bits per heavy atom. The first-order chi connectivity index (χ1) is 15.0. The van der Waals surface area contributed by atoms with Crippen LogP contribution in [-0.4, -0.2) is 23.5 Å². The summed E-state index contributed by atoms with van der Waals surface area (Å²) in [6.45, 7) is 7.79. The van der Waals surface area contributed by atoms with E-state index in [1.54, 1.807) is 0 Å². The fourth-order valence-corrected chi connectivity index (χ4v) is 3.59. The first kappa shape index (κ1) is 21.3. The quantitative estimate of drug-likeness (QED) is 0.484. The fraction of sp³-hybridized carbons (Fsp3) is 0.385. The lowest BCUT2D eigenvalue weighted by molar-refractivity contribution is 0.102. The summed E-state index contributed by atoms with van der Waals surface area (Å²) in [5, 5.41) is 7.52. The molecule has 5 heteroatoms. The van der Waals surface area contributed by atoms with Crippen LogP contribution in [0, 0.1) is 12.8 Å². The highest BCUT2D eigenvalue weighted by molar-refractivity contribution is 6.06. The van der Waals surface area contributed by atoms with Crippen molar-refractivity contribution in [1.82, 2.24) is 10.3 Å². The molecule has 5 nitrogen and oxygen atoms in total. The molecule has 1 saturated carbocycles. The van der Waals surface area contributed by atoms with Gasteiger partial charge in [-0.3, -0.25) is 9.78 Å². The molecule has 1 fully saturated rings. The molecule has 0 radical (unpaired) electrons. The second-order valence-electron chi connectivity index (χ2n) is 8.75. The van der Waals surface area contributed by atoms with Crippen molar-refractivity contribution in [3.05, 3.63) is 65.4 Å². The number of rotatable bonds is 9. The topological polar surface area (TPSA) is 63.2 Å². The molecule has 0 bridgehead atoms. The molecule has 0 unspecified atom stereocenters. The van der Waals surface area contributed by atoms with Crippen molar-refractivity contribution >= 4 is 22.5 Å². The molecule has 1 amide bonds. The van der Waals surface area contributed by atoms with Gasteiger partial charge in [0.05, 0.1) is 12.1 Å². The second-order valence-corrected chi connectivity index (χ2v) is 8.75. The van der Waals surface area contributed by atoms with Crippen LogP contribution >= 0.6 is 0 Å². The van der Waals surface area contributed by atoms with Crippen molar-refractivity contribution in [3.8, 4) is 5.75 Å². The van der Waals surface area contributed by atoms with E-state index >= 15 is 0 Å². The van der Waals surface area contributed by atoms with Crippen LogP contribution in [0.15, 0.2) is 48.7 Å². The number of nitrogens with one attached hydrogen (secondary N) is 2. The van der Waals surface area contributed by atoms with Gasteiger partial charge in [0.1, 0.15) is 5.75 Å². The molecular weight excluding hydrogens is 386 g/mol. The molecular formula is C26H31N3O2. The number of anilines is 1. The van der Waals surface area contributed by atoms with Crippen LogP contribution in [0.4, 0.5) is 5.69 Å². The van der Waals surface area contributed by atoms with Gasteiger partial charge in [-0.2, -0.15) is 0 Å². The number of amides is 1. The summed E-state index contributed by atoms with van der Waals surface area (Å²) in [6.07, 6.45) is 5.69. The number of pyridine rings is 1. The molecule has 0 spiro atoms. The smallest absolute Gasteiger partial charge is 0.255 e. The summed E-state index contributed by atoms with van der Waals surface area (Å²) in [5.74, 6) is 1.53. The summed E-state index contributed by atoms with van der Waals surface area (Å²) in [4.78, 5) is 17.4. The molecule has 31 heavy (non-hydrogen) atoms. The van der Waals surface area contributed by atoms with E-state index in [2.05, 4.69) is 35.5 Å². The Balaban J connectivity index is 1.41. The van der Waals surface area contributed by atoms with Crippen LogP contribution < -0.4 is 15.4 Å². The highest BCUT2D eigenvalue weighted by atomic mass is 16.5. The number of carbonyl (C=O) groups excluding carboxylic acids is 1. The Labute approximate surface area is 184 Å². The van der Waals surface area contributed by atoms with Crippen molar-refractivity contribution in [3.63, 3.8) is 0 Å². The summed E-state index contributed by atoms with van der Waals surface area (Å²) in [7, 11) is 0. The number of nitrogens with zero attached hydrogens (tertiary/aromatic N) is 1. The Morgan fingerprint density at radius 3 is 2.65 bits per heavy atom. The first-order valence-corrected chi connectivity index (χ1v) is 11.2. The standard InChI is InChI=1S/C26H31N3O2/c1-17(2)27-15-20-14-22-8-11-24(18(3)25(22)28-16-20)29-26(30)21-6-9-23(10-7-21)31-13-12-19-4-5-19/h6-11,14,16-17,19,27H,4-5,12-13,15H2,1-3H3,(H,29,30). The Hall–Kier alpha value is -2.92. The van der Waals surface area contributed by atoms with Crippen LogP contribution in [0.3, 0.4) is 0 Å². The van der Waals surface area contributed by atoms with Crippen molar-refractivity contribution in [1.29, 1.82) is 0 Å². The van der Waals surface area contributed by atoms with E-state index in [1.807, 2.05) is 49.5 Å². The number of aryl methyl sites for hydroxylation is 1. The van der Waals surface area contributed by atoms with Gasteiger partial charge in [-0.05, 0) is 66.8 Å². The predicted octanol–water partition coefficient (Wildman–Crippen LogP) is 5.47. The zero-order chi connectivity index (χ0) is 21.8. The Kier molecular flexibility index (Phi) is 6.52. The van der Waals surface area contributed by atoms with Crippen molar-refractivity contribution in [2.45, 2.75) is 52.6 Å². The number of carbonyl (C=O) groups is 1. The van der Waals surface area contributed by atoms with Crippen LogP contribution in [0.5, 0.6) is 5.75 Å². The average Bonchev–Trinajstić information content (AvgIpc) is 3.59. The number of ether oxygens (including phenoxy) is 1. The molecule has 0 saturated heterocycles. The second kappa shape index (κ2) is 9.48. The SMILES string of the molecule is Cc1c(NC(=O)c2ccc(OCCC3CC3)cc2)ccc2cc(CNC(C)C)cnc12. The van der Waals surface area contributed by atoms with E-state index in [0.717, 1.165) is 59.0 Å². The van der Waals surface area contributed by atoms with E-state index in [1.165, 1.54) is 12.8 Å². The van der Waals surface area contributed by atoms with Crippen LogP contribution in [0.25, 0.3) is 10.9 Å². The van der Waals surface area contributed by atoms with Gasteiger partial charge >= 0.3 is 0 Å². The monoisotopic (exact) mass is 417 g/mol. The van der Waals surface area contributed by atoms with Gasteiger partial charge in [-0.15, -0.1) is 0 Å². The maximum Gasteiger partial charge on any atom is 0.255 e. The third-order valence-corrected chi connectivity index (χ3v) is 5.73. The molecule has 0 atom stereocenters. The van der Waals surface area contributed by atoms with Gasteiger partial charge in [0, 0.05) is 35.4 Å². The summed E-state index contributed by atoms with van der Waals surface area (Å²) in [5.41, 5.74) is 4.41. The van der Waals surface area contributed by atoms with Gasteiger partial charge in [0.15, 0.2) is 0 Å². The molecule has 1 heterocycles. The molecule has 1 aromatic heterocycles. The van der Waals surface area contributed by atoms with Crippen LogP contribution in [-0.2, 0) is 6.54 Å². The van der Waals surface area contributed by atoms with Crippen molar-refractivity contribution in [2.75, 3.05) is 11.9 Å². The molecule has 3 aromatic rings. The minimum atomic E-state index is -0.135. The van der Waals surface area contributed by atoms with Crippen LogP contribution in [0.1, 0.15) is 54.6 Å². The molecule has 4 rings (SSSR count). The molecule has 2 aromatic carbocycles. The van der Waals surface area contributed by atoms with Gasteiger partial charge in [-0.25, -0.2) is 0 Å². The highest BCUT2D eigenvalue weighted by Gasteiger charge is 2.20. The lowest BCUT2D eigenvalue weighted by Gasteiger charge is -2.13. The summed E-state index contributed by atoms with van der Waals surface area (Å²) in [6, 6.07) is 13.9. The maximum absolute atomic E-state index is 12.7. The first-order valence-electron chi connectivity index (χ1n) is 11.2. The van der Waals surface area contributed by atoms with E-state index in [-0.39, 0.29) is 5.91 Å². The number of aromatic nitrogens is 1. The van der Waals surface area contributed by atoms with E-state index < -0.39 is 0 Å². The zero-order valence-electron chi connectivity index (χ0n) is 18.6. The number of benzene rings is 2. The average molecular weight is 418 g/mol. The van der Waals surface area contributed by atoms with Gasteiger partial charge in [0.2, 0.25) is 0 Å². The third-order valence-electron chi connectivity index (χ3n) is 5.73. The lowest BCUT2D eigenvalue weighted by Crippen LogP contribution is -2.21. The van der Waals surface area contributed by atoms with Crippen molar-refractivity contribution < 1.29 is 9.53 Å². The largest absolute Gasteiger partial charge is 0.494 e. The molecule has 162 valence electrons. The number of hydrogen-bond donors (Lipinski definition) is 2. The Bertz CT molecular complexity index is 1060. The van der Waals surface area contributed by atoms with Gasteiger partial charge < -0.3 is 15.4 Å². The predicted molar refractivity (Wildman–Crippen MR) is 126 cm³/mol. The Morgan fingerprint density at radius 2 is 1.94 bits per heavy atom. The fourth-order valence-electron chi connectivity index (χ4n) is 3.59. The van der Waals surface area contributed by atoms with Crippen LogP contribution in [0.2, 0.25) is 0 Å². The van der Waals surface area contributed by atoms with Crippen molar-refractivity contribution in [2.24, 2.45) is 5.92 Å². The molecule has 0 aliphatic heterocycles. The summed E-state index contributed by atoms with van der Waals surface area (Å²) < 4.78 is 5.77. The zero-order valence-corrected chi connectivity index (χ0v) is 18.6. The molecule has 1 aliphatic rings. The number of hydrogen-bond acceptors (Lipinski definition) is 4. The molecule has 2 N–H and O–H groups in total. The lowest BCUT2D eigenvalue weighted by atomic mass is 10.1. The maximum atomic E-state index is 12.7. The van der Waals surface area contributed by atoms with Gasteiger partial charge in [-0.1, -0.05) is 32.8 Å². The summed E-state index contributed by atoms with van der Waals surface area (Å²) >= 11 is 0. The minimum Gasteiger partial charge on any atom is -0.494 e. The van der Waals surface area contributed by atoms with Gasteiger partial charge in [0.25, 0.3) is 5.91 Å². The van der Waals surface area contributed by atoms with E-state index in [4.69, 9.17) is 4.74 Å². The highest BCUT2D eigenvalue weighted by Crippen LogP contribution is 2.32. The van der Waals surface area contributed by atoms with E-state index in [0.29, 0.717) is 11.6 Å². The normalized spacial score (nSPS) is 13.5. The molecule has 1 aliphatic carbocycles.